The number of nitrogens with one attached hydrogen (secondary N) is 1. The summed E-state index contributed by atoms with van der Waals surface area (Å²) in [7, 11) is 0. The number of thioether (sulfide) groups is 2. The zero-order chi connectivity index (χ0) is 15.0. The van der Waals surface area contributed by atoms with Gasteiger partial charge < -0.3 is 9.73 Å². The van der Waals surface area contributed by atoms with Gasteiger partial charge in [0.1, 0.15) is 11.5 Å². The summed E-state index contributed by atoms with van der Waals surface area (Å²) in [6, 6.07) is 3.63. The molecule has 1 aromatic rings. The molecule has 0 amide bonds. The highest BCUT2D eigenvalue weighted by Crippen LogP contribution is 2.29. The van der Waals surface area contributed by atoms with Crippen molar-refractivity contribution in [1.82, 2.24) is 5.32 Å². The Bertz CT molecular complexity index is 373. The fourth-order valence-electron chi connectivity index (χ4n) is 2.01. The lowest BCUT2D eigenvalue weighted by Crippen LogP contribution is -2.36. The summed E-state index contributed by atoms with van der Waals surface area (Å²) < 4.78 is 30.0. The zero-order valence-electron chi connectivity index (χ0n) is 12.2. The van der Waals surface area contributed by atoms with Crippen molar-refractivity contribution >= 4 is 23.5 Å². The van der Waals surface area contributed by atoms with Gasteiger partial charge in [0.25, 0.3) is 5.76 Å². The molecule has 0 aliphatic heterocycles. The third-order valence-electron chi connectivity index (χ3n) is 3.54. The average Bonchev–Trinajstić information content (AvgIpc) is 2.90. The smallest absolute Gasteiger partial charge is 0.284 e. The molecule has 0 aliphatic carbocycles. The number of hydrogen-bond donors (Lipinski definition) is 1. The third-order valence-corrected chi connectivity index (χ3v) is 5.83. The van der Waals surface area contributed by atoms with Crippen LogP contribution in [0.1, 0.15) is 38.2 Å². The highest BCUT2D eigenvalue weighted by atomic mass is 32.2. The van der Waals surface area contributed by atoms with Crippen LogP contribution in [-0.2, 0) is 12.3 Å². The second kappa shape index (κ2) is 8.95. The highest BCUT2D eigenvalue weighted by Gasteiger charge is 2.24. The quantitative estimate of drug-likeness (QED) is 0.672. The topological polar surface area (TPSA) is 25.2 Å². The van der Waals surface area contributed by atoms with Gasteiger partial charge in [-0.05, 0) is 31.2 Å². The Hall–Kier alpha value is -0.200. The van der Waals surface area contributed by atoms with E-state index in [0.29, 0.717) is 24.1 Å². The van der Waals surface area contributed by atoms with Crippen molar-refractivity contribution < 1.29 is 13.2 Å². The zero-order valence-corrected chi connectivity index (χ0v) is 13.9. The van der Waals surface area contributed by atoms with Crippen LogP contribution < -0.4 is 5.32 Å². The molecule has 0 saturated heterocycles. The standard InChI is InChI=1S/C14H23F2NOS2/c1-4-14(5-2,19-3)10-17-8-11-6-7-12(18-11)9-20-13(15)16/h6-7,13,17H,4-5,8-10H2,1-3H3. The van der Waals surface area contributed by atoms with Gasteiger partial charge in [0.2, 0.25) is 0 Å². The van der Waals surface area contributed by atoms with Gasteiger partial charge >= 0.3 is 0 Å². The summed E-state index contributed by atoms with van der Waals surface area (Å²) in [5.41, 5.74) is 0. The number of furan rings is 1. The van der Waals surface area contributed by atoms with Crippen molar-refractivity contribution in [2.45, 2.75) is 49.5 Å². The molecule has 1 rings (SSSR count). The maximum Gasteiger partial charge on any atom is 0.284 e. The first-order valence-electron chi connectivity index (χ1n) is 6.78. The van der Waals surface area contributed by atoms with E-state index in [1.165, 1.54) is 0 Å². The van der Waals surface area contributed by atoms with Gasteiger partial charge in [0.15, 0.2) is 0 Å². The average molecular weight is 323 g/mol. The summed E-state index contributed by atoms with van der Waals surface area (Å²) in [6.45, 7) is 5.97. The molecule has 1 N–H and O–H groups in total. The molecule has 0 fully saturated rings. The molecule has 2 nitrogen and oxygen atoms in total. The van der Waals surface area contributed by atoms with Crippen LogP contribution in [0.5, 0.6) is 0 Å². The molecule has 6 heteroatoms. The van der Waals surface area contributed by atoms with E-state index in [1.807, 2.05) is 17.8 Å². The predicted molar refractivity (Wildman–Crippen MR) is 84.5 cm³/mol. The summed E-state index contributed by atoms with van der Waals surface area (Å²) >= 11 is 2.48. The van der Waals surface area contributed by atoms with Gasteiger partial charge in [0, 0.05) is 11.3 Å². The maximum absolute atomic E-state index is 12.1. The van der Waals surface area contributed by atoms with Crippen molar-refractivity contribution in [2.24, 2.45) is 0 Å². The van der Waals surface area contributed by atoms with Gasteiger partial charge in [-0.1, -0.05) is 25.6 Å². The van der Waals surface area contributed by atoms with E-state index in [-0.39, 0.29) is 10.5 Å². The van der Waals surface area contributed by atoms with Crippen molar-refractivity contribution in [3.8, 4) is 0 Å². The Morgan fingerprint density at radius 1 is 1.25 bits per heavy atom. The molecular formula is C14H23F2NOS2. The molecule has 0 saturated carbocycles. The van der Waals surface area contributed by atoms with Gasteiger partial charge in [-0.2, -0.15) is 20.5 Å². The fraction of sp³-hybridized carbons (Fsp3) is 0.714. The summed E-state index contributed by atoms with van der Waals surface area (Å²) in [6.07, 6.45) is 4.37. The lowest BCUT2D eigenvalue weighted by atomic mass is 10.0. The summed E-state index contributed by atoms with van der Waals surface area (Å²) in [4.78, 5) is 0. The van der Waals surface area contributed by atoms with Crippen LogP contribution in [-0.4, -0.2) is 23.3 Å². The van der Waals surface area contributed by atoms with Gasteiger partial charge in [0.05, 0.1) is 12.3 Å². The Morgan fingerprint density at radius 3 is 2.45 bits per heavy atom. The molecule has 0 atom stereocenters. The molecule has 0 unspecified atom stereocenters. The van der Waals surface area contributed by atoms with E-state index in [1.54, 1.807) is 6.07 Å². The van der Waals surface area contributed by atoms with Crippen LogP contribution in [0, 0.1) is 0 Å². The monoisotopic (exact) mass is 323 g/mol. The molecule has 0 bridgehead atoms. The lowest BCUT2D eigenvalue weighted by Gasteiger charge is -2.29. The Balaban J connectivity index is 2.38. The number of hydrogen-bond acceptors (Lipinski definition) is 4. The molecule has 116 valence electrons. The first-order valence-corrected chi connectivity index (χ1v) is 9.05. The second-order valence-corrected chi connectivity index (χ2v) is 6.89. The van der Waals surface area contributed by atoms with Gasteiger partial charge in [-0.25, -0.2) is 0 Å². The Kier molecular flexibility index (Phi) is 7.99. The first kappa shape index (κ1) is 17.9. The van der Waals surface area contributed by atoms with Crippen LogP contribution in [0.4, 0.5) is 8.78 Å². The van der Waals surface area contributed by atoms with Crippen LogP contribution >= 0.6 is 23.5 Å². The van der Waals surface area contributed by atoms with Crippen molar-refractivity contribution in [1.29, 1.82) is 0 Å². The van der Waals surface area contributed by atoms with Crippen LogP contribution in [0.25, 0.3) is 0 Å². The van der Waals surface area contributed by atoms with Crippen molar-refractivity contribution in [2.75, 3.05) is 12.8 Å². The summed E-state index contributed by atoms with van der Waals surface area (Å²) in [5.74, 6) is -0.722. The molecule has 0 radical (unpaired) electrons. The van der Waals surface area contributed by atoms with Crippen molar-refractivity contribution in [3.63, 3.8) is 0 Å². The van der Waals surface area contributed by atoms with Gasteiger partial charge in [-0.15, -0.1) is 0 Å². The minimum atomic E-state index is -2.35. The molecule has 0 aromatic carbocycles. The highest BCUT2D eigenvalue weighted by molar-refractivity contribution is 8.00. The number of rotatable bonds is 10. The lowest BCUT2D eigenvalue weighted by molar-refractivity contribution is 0.251. The molecule has 0 spiro atoms. The minimum absolute atomic E-state index is 0.219. The van der Waals surface area contributed by atoms with E-state index in [2.05, 4.69) is 25.4 Å². The number of halogens is 2. The molecule has 0 aliphatic rings. The van der Waals surface area contributed by atoms with Crippen LogP contribution in [0.3, 0.4) is 0 Å². The van der Waals surface area contributed by atoms with E-state index in [9.17, 15) is 8.78 Å². The fourth-order valence-corrected chi connectivity index (χ4v) is 3.28. The van der Waals surface area contributed by atoms with Crippen LogP contribution in [0.15, 0.2) is 16.5 Å². The normalized spacial score (nSPS) is 12.3. The van der Waals surface area contributed by atoms with E-state index >= 15 is 0 Å². The van der Waals surface area contributed by atoms with E-state index in [4.69, 9.17) is 4.42 Å². The first-order chi connectivity index (χ1) is 9.55. The van der Waals surface area contributed by atoms with E-state index < -0.39 is 5.76 Å². The Morgan fingerprint density at radius 2 is 1.90 bits per heavy atom. The van der Waals surface area contributed by atoms with Gasteiger partial charge in [-0.3, -0.25) is 0 Å². The van der Waals surface area contributed by atoms with Crippen LogP contribution in [0.2, 0.25) is 0 Å². The molecular weight excluding hydrogens is 300 g/mol. The molecule has 20 heavy (non-hydrogen) atoms. The largest absolute Gasteiger partial charge is 0.464 e. The minimum Gasteiger partial charge on any atom is -0.464 e. The Labute approximate surface area is 128 Å². The molecule has 1 heterocycles. The summed E-state index contributed by atoms with van der Waals surface area (Å²) in [5, 5.41) is 3.40. The SMILES string of the molecule is CCC(CC)(CNCc1ccc(CSC(F)F)o1)SC. The second-order valence-electron chi connectivity index (χ2n) is 4.64. The van der Waals surface area contributed by atoms with E-state index in [0.717, 1.165) is 25.1 Å². The molecule has 1 aromatic heterocycles. The predicted octanol–water partition coefficient (Wildman–Crippen LogP) is 4.75. The van der Waals surface area contributed by atoms with Crippen molar-refractivity contribution in [3.05, 3.63) is 23.7 Å². The maximum atomic E-state index is 12.1. The number of alkyl halides is 2. The third kappa shape index (κ3) is 5.66.